The molecule has 0 spiro atoms. The van der Waals surface area contributed by atoms with Gasteiger partial charge in [0.1, 0.15) is 17.4 Å². The molecule has 3 aromatic heterocycles. The molecule has 0 amide bonds. The van der Waals surface area contributed by atoms with Crippen LogP contribution >= 0.6 is 0 Å². The van der Waals surface area contributed by atoms with Gasteiger partial charge in [0, 0.05) is 42.1 Å². The summed E-state index contributed by atoms with van der Waals surface area (Å²) in [4.78, 5) is 8.98. The molecule has 5 rings (SSSR count). The number of rotatable bonds is 6. The number of imidazole rings is 1. The van der Waals surface area contributed by atoms with Crippen LogP contribution in [0.25, 0.3) is 33.4 Å². The van der Waals surface area contributed by atoms with Crippen LogP contribution in [0.3, 0.4) is 0 Å². The average Bonchev–Trinajstić information content (AvgIpc) is 3.28. The zero-order chi connectivity index (χ0) is 22.8. The summed E-state index contributed by atoms with van der Waals surface area (Å²) in [5, 5.41) is 8.33. The van der Waals surface area contributed by atoms with Gasteiger partial charge in [-0.25, -0.2) is 9.37 Å². The topological polar surface area (TPSA) is 84.2 Å². The van der Waals surface area contributed by atoms with E-state index in [-0.39, 0.29) is 11.9 Å². The van der Waals surface area contributed by atoms with Crippen LogP contribution in [0, 0.1) is 5.82 Å². The number of ether oxygens (including phenoxy) is 3. The van der Waals surface area contributed by atoms with Crippen LogP contribution in [-0.4, -0.2) is 51.2 Å². The third-order valence-electron chi connectivity index (χ3n) is 5.80. The van der Waals surface area contributed by atoms with Gasteiger partial charge in [-0.2, -0.15) is 10.1 Å². The number of fused-ring (bicyclic) bond motifs is 1. The summed E-state index contributed by atoms with van der Waals surface area (Å²) < 4.78 is 33.7. The molecule has 0 radical (unpaired) electrons. The minimum atomic E-state index is -0.380. The van der Waals surface area contributed by atoms with Crippen molar-refractivity contribution in [2.45, 2.75) is 32.4 Å². The van der Waals surface area contributed by atoms with E-state index in [0.29, 0.717) is 41.7 Å². The number of hydrogen-bond acceptors (Lipinski definition) is 7. The zero-order valence-corrected chi connectivity index (χ0v) is 18.5. The molecule has 4 aromatic rings. The van der Waals surface area contributed by atoms with E-state index in [4.69, 9.17) is 14.2 Å². The highest BCUT2D eigenvalue weighted by atomic mass is 19.1. The van der Waals surface area contributed by atoms with Crippen molar-refractivity contribution in [1.82, 2.24) is 24.7 Å². The molecule has 0 aliphatic carbocycles. The van der Waals surface area contributed by atoms with Gasteiger partial charge >= 0.3 is 0 Å². The molecule has 1 aliphatic heterocycles. The Morgan fingerprint density at radius 2 is 1.97 bits per heavy atom. The Bertz CT molecular complexity index is 1290. The lowest BCUT2D eigenvalue weighted by atomic mass is 9.99. The fraction of sp³-hybridized carbons (Fsp3) is 0.333. The van der Waals surface area contributed by atoms with Gasteiger partial charge in [-0.05, 0) is 30.7 Å². The Balaban J connectivity index is 1.52. The van der Waals surface area contributed by atoms with Crippen molar-refractivity contribution >= 4 is 11.2 Å². The Kier molecular flexibility index (Phi) is 5.87. The summed E-state index contributed by atoms with van der Waals surface area (Å²) in [6, 6.07) is 8.42. The molecule has 1 saturated heterocycles. The first-order valence-corrected chi connectivity index (χ1v) is 10.9. The molecule has 9 heteroatoms. The number of hydrogen-bond donors (Lipinski definition) is 0. The van der Waals surface area contributed by atoms with Gasteiger partial charge in [-0.3, -0.25) is 0 Å². The Morgan fingerprint density at radius 3 is 2.76 bits per heavy atom. The number of nitrogens with zero attached hydrogens (tertiary/aromatic N) is 5. The first-order chi connectivity index (χ1) is 16.2. The molecular weight excluding hydrogens is 425 g/mol. The molecule has 33 heavy (non-hydrogen) atoms. The van der Waals surface area contributed by atoms with Gasteiger partial charge < -0.3 is 18.8 Å². The van der Waals surface area contributed by atoms with Crippen molar-refractivity contribution in [3.8, 4) is 34.0 Å². The lowest BCUT2D eigenvalue weighted by Gasteiger charge is -2.23. The number of aryl methyl sites for hydroxylation is 1. The van der Waals surface area contributed by atoms with Crippen molar-refractivity contribution < 1.29 is 18.6 Å². The first-order valence-electron chi connectivity index (χ1n) is 10.9. The Hall–Kier alpha value is -3.59. The number of methoxy groups -OCH3 is 1. The van der Waals surface area contributed by atoms with Crippen LogP contribution in [-0.2, 0) is 11.3 Å². The Labute approximate surface area is 190 Å². The quantitative estimate of drug-likeness (QED) is 0.434. The number of pyridine rings is 1. The third-order valence-corrected chi connectivity index (χ3v) is 5.80. The standard InChI is InChI=1S/C24H24FN5O3/c1-3-30-14-26-22-19(13-27-29-23(22)30)15-4-6-20(25)18(12-15)17-5-7-21(28-24(17)31-2)33-16-8-10-32-11-9-16/h4-7,12-14,16H,3,8-11H2,1-2H3. The lowest BCUT2D eigenvalue weighted by molar-refractivity contribution is 0.0235. The molecule has 0 bridgehead atoms. The molecule has 1 aliphatic rings. The van der Waals surface area contributed by atoms with Gasteiger partial charge in [0.25, 0.3) is 0 Å². The van der Waals surface area contributed by atoms with Crippen LogP contribution in [0.4, 0.5) is 4.39 Å². The van der Waals surface area contributed by atoms with E-state index >= 15 is 0 Å². The largest absolute Gasteiger partial charge is 0.480 e. The van der Waals surface area contributed by atoms with Crippen LogP contribution < -0.4 is 9.47 Å². The summed E-state index contributed by atoms with van der Waals surface area (Å²) in [5.74, 6) is 0.363. The number of halogens is 1. The van der Waals surface area contributed by atoms with Crippen LogP contribution in [0.1, 0.15) is 19.8 Å². The Morgan fingerprint density at radius 1 is 1.12 bits per heavy atom. The molecule has 0 atom stereocenters. The van der Waals surface area contributed by atoms with Gasteiger partial charge in [0.2, 0.25) is 11.8 Å². The van der Waals surface area contributed by atoms with Gasteiger partial charge in [0.15, 0.2) is 5.65 Å². The van der Waals surface area contributed by atoms with Crippen molar-refractivity contribution in [3.63, 3.8) is 0 Å². The third kappa shape index (κ3) is 4.11. The van der Waals surface area contributed by atoms with Crippen molar-refractivity contribution in [2.75, 3.05) is 20.3 Å². The second kappa shape index (κ2) is 9.11. The molecule has 0 N–H and O–H groups in total. The molecule has 170 valence electrons. The normalized spacial score (nSPS) is 14.5. The van der Waals surface area contributed by atoms with Crippen molar-refractivity contribution in [1.29, 1.82) is 0 Å². The van der Waals surface area contributed by atoms with Crippen molar-refractivity contribution in [2.24, 2.45) is 0 Å². The average molecular weight is 449 g/mol. The van der Waals surface area contributed by atoms with Crippen LogP contribution in [0.5, 0.6) is 11.8 Å². The molecular formula is C24H24FN5O3. The SMILES string of the molecule is CCn1cnc2c(-c3ccc(F)c(-c4ccc(OC5CCOCC5)nc4OC)c3)cnnc21. The van der Waals surface area contributed by atoms with E-state index in [2.05, 4.69) is 20.2 Å². The van der Waals surface area contributed by atoms with Crippen LogP contribution in [0.2, 0.25) is 0 Å². The lowest BCUT2D eigenvalue weighted by Crippen LogP contribution is -2.26. The fourth-order valence-electron chi connectivity index (χ4n) is 4.03. The molecule has 1 aromatic carbocycles. The second-order valence-electron chi connectivity index (χ2n) is 7.79. The molecule has 4 heterocycles. The molecule has 0 unspecified atom stereocenters. The summed E-state index contributed by atoms with van der Waals surface area (Å²) >= 11 is 0. The first kappa shape index (κ1) is 21.3. The number of aromatic nitrogens is 5. The molecule has 1 fully saturated rings. The summed E-state index contributed by atoms with van der Waals surface area (Å²) in [6.07, 6.45) is 5.05. The zero-order valence-electron chi connectivity index (χ0n) is 18.5. The fourth-order valence-corrected chi connectivity index (χ4v) is 4.03. The van der Waals surface area contributed by atoms with E-state index in [1.54, 1.807) is 36.8 Å². The summed E-state index contributed by atoms with van der Waals surface area (Å²) in [7, 11) is 1.51. The van der Waals surface area contributed by atoms with E-state index < -0.39 is 0 Å². The predicted molar refractivity (Wildman–Crippen MR) is 121 cm³/mol. The van der Waals surface area contributed by atoms with E-state index in [9.17, 15) is 4.39 Å². The summed E-state index contributed by atoms with van der Waals surface area (Å²) in [6.45, 7) is 4.09. The highest BCUT2D eigenvalue weighted by molar-refractivity contribution is 5.90. The van der Waals surface area contributed by atoms with E-state index in [0.717, 1.165) is 36.0 Å². The number of benzene rings is 1. The maximum absolute atomic E-state index is 15.0. The molecule has 8 nitrogen and oxygen atoms in total. The monoisotopic (exact) mass is 449 g/mol. The maximum Gasteiger partial charge on any atom is 0.224 e. The van der Waals surface area contributed by atoms with Gasteiger partial charge in [0.05, 0.1) is 32.8 Å². The minimum absolute atomic E-state index is 0.0476. The summed E-state index contributed by atoms with van der Waals surface area (Å²) in [5.41, 5.74) is 3.87. The molecule has 0 saturated carbocycles. The smallest absolute Gasteiger partial charge is 0.224 e. The second-order valence-corrected chi connectivity index (χ2v) is 7.79. The maximum atomic E-state index is 15.0. The van der Waals surface area contributed by atoms with Gasteiger partial charge in [-0.1, -0.05) is 6.07 Å². The predicted octanol–water partition coefficient (Wildman–Crippen LogP) is 4.28. The highest BCUT2D eigenvalue weighted by Crippen LogP contribution is 2.36. The van der Waals surface area contributed by atoms with E-state index in [1.807, 2.05) is 11.5 Å². The minimum Gasteiger partial charge on any atom is -0.480 e. The van der Waals surface area contributed by atoms with E-state index in [1.165, 1.54) is 13.2 Å². The van der Waals surface area contributed by atoms with Crippen molar-refractivity contribution in [3.05, 3.63) is 48.7 Å². The van der Waals surface area contributed by atoms with Crippen LogP contribution in [0.15, 0.2) is 42.9 Å². The highest BCUT2D eigenvalue weighted by Gasteiger charge is 2.19. The van der Waals surface area contributed by atoms with Gasteiger partial charge in [-0.15, -0.1) is 5.10 Å².